The Hall–Kier alpha value is -0.0800. The molecule has 0 bridgehead atoms. The number of hydrogen-bond donors (Lipinski definition) is 1. The lowest BCUT2D eigenvalue weighted by Crippen LogP contribution is -2.39. The molecule has 0 aliphatic heterocycles. The molecule has 0 spiro atoms. The number of unbranched alkanes of at least 4 members (excludes halogenated alkanes) is 2. The predicted octanol–water partition coefficient (Wildman–Crippen LogP) is 3.36. The van der Waals surface area contributed by atoms with Gasteiger partial charge in [-0.15, -0.1) is 0 Å². The van der Waals surface area contributed by atoms with Crippen LogP contribution in [-0.2, 0) is 4.74 Å². The highest BCUT2D eigenvalue weighted by Gasteiger charge is 2.10. The first-order valence-electron chi connectivity index (χ1n) is 6.49. The van der Waals surface area contributed by atoms with Crippen molar-refractivity contribution in [3.05, 3.63) is 0 Å². The summed E-state index contributed by atoms with van der Waals surface area (Å²) >= 11 is 0. The average molecular weight is 215 g/mol. The van der Waals surface area contributed by atoms with Gasteiger partial charge in [-0.3, -0.25) is 0 Å². The van der Waals surface area contributed by atoms with Crippen LogP contribution in [0.1, 0.15) is 59.3 Å². The summed E-state index contributed by atoms with van der Waals surface area (Å²) < 4.78 is 5.22. The second-order valence-electron chi connectivity index (χ2n) is 4.50. The zero-order valence-electron chi connectivity index (χ0n) is 11.0. The molecule has 0 heterocycles. The summed E-state index contributed by atoms with van der Waals surface area (Å²) in [6, 6.07) is 1.17. The van der Waals surface area contributed by atoms with E-state index in [1.165, 1.54) is 38.5 Å². The standard InChI is InChI=1S/C13H29NO/c1-5-7-8-10-12(3)14-13(9-6-2)11-15-4/h12-14H,5-11H2,1-4H3. The first kappa shape index (κ1) is 14.9. The van der Waals surface area contributed by atoms with Crippen molar-refractivity contribution >= 4 is 0 Å². The Morgan fingerprint density at radius 2 is 1.80 bits per heavy atom. The van der Waals surface area contributed by atoms with E-state index in [4.69, 9.17) is 4.74 Å². The van der Waals surface area contributed by atoms with Gasteiger partial charge in [0.05, 0.1) is 6.61 Å². The van der Waals surface area contributed by atoms with Crippen molar-refractivity contribution in [3.63, 3.8) is 0 Å². The molecular formula is C13H29NO. The molecular weight excluding hydrogens is 186 g/mol. The quantitative estimate of drug-likeness (QED) is 0.564. The normalized spacial score (nSPS) is 15.2. The largest absolute Gasteiger partial charge is 0.383 e. The number of ether oxygens (including phenoxy) is 1. The third-order valence-corrected chi connectivity index (χ3v) is 2.77. The van der Waals surface area contributed by atoms with Gasteiger partial charge in [0.25, 0.3) is 0 Å². The molecule has 2 atom stereocenters. The molecule has 0 radical (unpaired) electrons. The number of methoxy groups -OCH3 is 1. The molecule has 0 saturated heterocycles. The molecule has 0 aliphatic rings. The van der Waals surface area contributed by atoms with E-state index in [0.717, 1.165) is 6.61 Å². The van der Waals surface area contributed by atoms with Crippen LogP contribution in [0, 0.1) is 0 Å². The smallest absolute Gasteiger partial charge is 0.0615 e. The highest BCUT2D eigenvalue weighted by molar-refractivity contribution is 4.70. The lowest BCUT2D eigenvalue weighted by Gasteiger charge is -2.22. The van der Waals surface area contributed by atoms with Crippen LogP contribution in [0.2, 0.25) is 0 Å². The molecule has 2 nitrogen and oxygen atoms in total. The molecule has 0 aromatic heterocycles. The molecule has 2 heteroatoms. The Bertz CT molecular complexity index is 122. The van der Waals surface area contributed by atoms with Crippen LogP contribution in [0.15, 0.2) is 0 Å². The monoisotopic (exact) mass is 215 g/mol. The SMILES string of the molecule is CCCCCC(C)NC(CCC)COC. The van der Waals surface area contributed by atoms with Crippen molar-refractivity contribution in [2.24, 2.45) is 0 Å². The van der Waals surface area contributed by atoms with Crippen molar-refractivity contribution in [2.45, 2.75) is 71.4 Å². The van der Waals surface area contributed by atoms with Gasteiger partial charge in [-0.2, -0.15) is 0 Å². The minimum absolute atomic E-state index is 0.539. The zero-order chi connectivity index (χ0) is 11.5. The summed E-state index contributed by atoms with van der Waals surface area (Å²) in [7, 11) is 1.78. The molecule has 0 rings (SSSR count). The molecule has 0 aliphatic carbocycles. The highest BCUT2D eigenvalue weighted by Crippen LogP contribution is 2.05. The summed E-state index contributed by atoms with van der Waals surface area (Å²) in [6.45, 7) is 7.61. The van der Waals surface area contributed by atoms with E-state index < -0.39 is 0 Å². The lowest BCUT2D eigenvalue weighted by atomic mass is 10.1. The zero-order valence-corrected chi connectivity index (χ0v) is 11.0. The van der Waals surface area contributed by atoms with E-state index in [1.807, 2.05) is 0 Å². The van der Waals surface area contributed by atoms with Crippen LogP contribution >= 0.6 is 0 Å². The second kappa shape index (κ2) is 10.4. The van der Waals surface area contributed by atoms with Crippen molar-refractivity contribution in [1.82, 2.24) is 5.32 Å². The summed E-state index contributed by atoms with van der Waals surface area (Å²) in [6.07, 6.45) is 7.74. The van der Waals surface area contributed by atoms with Gasteiger partial charge in [0.2, 0.25) is 0 Å². The molecule has 92 valence electrons. The molecule has 0 aromatic carbocycles. The lowest BCUT2D eigenvalue weighted by molar-refractivity contribution is 0.156. The first-order valence-corrected chi connectivity index (χ1v) is 6.49. The number of rotatable bonds is 10. The van der Waals surface area contributed by atoms with E-state index in [-0.39, 0.29) is 0 Å². The third kappa shape index (κ3) is 8.88. The molecule has 1 N–H and O–H groups in total. The molecule has 0 saturated carbocycles. The van der Waals surface area contributed by atoms with Crippen LogP contribution in [0.25, 0.3) is 0 Å². The van der Waals surface area contributed by atoms with Crippen LogP contribution < -0.4 is 5.32 Å². The maximum atomic E-state index is 5.22. The Labute approximate surface area is 95.8 Å². The van der Waals surface area contributed by atoms with E-state index in [9.17, 15) is 0 Å². The van der Waals surface area contributed by atoms with Crippen molar-refractivity contribution in [3.8, 4) is 0 Å². The van der Waals surface area contributed by atoms with E-state index in [0.29, 0.717) is 12.1 Å². The topological polar surface area (TPSA) is 21.3 Å². The molecule has 0 amide bonds. The maximum Gasteiger partial charge on any atom is 0.0615 e. The van der Waals surface area contributed by atoms with Gasteiger partial charge < -0.3 is 10.1 Å². The Morgan fingerprint density at radius 3 is 2.33 bits per heavy atom. The fourth-order valence-corrected chi connectivity index (χ4v) is 1.95. The molecule has 0 fully saturated rings. The van der Waals surface area contributed by atoms with Gasteiger partial charge in [0.1, 0.15) is 0 Å². The Kier molecular flexibility index (Phi) is 10.4. The van der Waals surface area contributed by atoms with Gasteiger partial charge in [-0.05, 0) is 19.8 Å². The van der Waals surface area contributed by atoms with Crippen molar-refractivity contribution < 1.29 is 4.74 Å². The van der Waals surface area contributed by atoms with Gasteiger partial charge in [-0.25, -0.2) is 0 Å². The van der Waals surface area contributed by atoms with E-state index >= 15 is 0 Å². The van der Waals surface area contributed by atoms with Gasteiger partial charge in [-0.1, -0.05) is 39.5 Å². The minimum atomic E-state index is 0.539. The minimum Gasteiger partial charge on any atom is -0.383 e. The van der Waals surface area contributed by atoms with Crippen LogP contribution in [0.5, 0.6) is 0 Å². The van der Waals surface area contributed by atoms with E-state index in [1.54, 1.807) is 7.11 Å². The Morgan fingerprint density at radius 1 is 1.07 bits per heavy atom. The molecule has 0 aromatic rings. The van der Waals surface area contributed by atoms with Crippen LogP contribution in [-0.4, -0.2) is 25.8 Å². The van der Waals surface area contributed by atoms with Crippen LogP contribution in [0.3, 0.4) is 0 Å². The summed E-state index contributed by atoms with van der Waals surface area (Å²) in [5.41, 5.74) is 0. The highest BCUT2D eigenvalue weighted by atomic mass is 16.5. The number of hydrogen-bond acceptors (Lipinski definition) is 2. The summed E-state index contributed by atoms with van der Waals surface area (Å²) in [5, 5.41) is 3.65. The van der Waals surface area contributed by atoms with Gasteiger partial charge in [0, 0.05) is 19.2 Å². The van der Waals surface area contributed by atoms with Crippen molar-refractivity contribution in [1.29, 1.82) is 0 Å². The van der Waals surface area contributed by atoms with E-state index in [2.05, 4.69) is 26.1 Å². The average Bonchev–Trinajstić information content (AvgIpc) is 2.19. The van der Waals surface area contributed by atoms with Crippen molar-refractivity contribution in [2.75, 3.05) is 13.7 Å². The molecule has 15 heavy (non-hydrogen) atoms. The Balaban J connectivity index is 3.62. The van der Waals surface area contributed by atoms with Gasteiger partial charge in [0.15, 0.2) is 0 Å². The maximum absolute atomic E-state index is 5.22. The van der Waals surface area contributed by atoms with Crippen LogP contribution in [0.4, 0.5) is 0 Å². The fraction of sp³-hybridized carbons (Fsp3) is 1.00. The summed E-state index contributed by atoms with van der Waals surface area (Å²) in [5.74, 6) is 0. The summed E-state index contributed by atoms with van der Waals surface area (Å²) in [4.78, 5) is 0. The second-order valence-corrected chi connectivity index (χ2v) is 4.50. The fourth-order valence-electron chi connectivity index (χ4n) is 1.95. The third-order valence-electron chi connectivity index (χ3n) is 2.77. The molecule has 2 unspecified atom stereocenters. The predicted molar refractivity (Wildman–Crippen MR) is 67.3 cm³/mol. The number of nitrogens with one attached hydrogen (secondary N) is 1. The van der Waals surface area contributed by atoms with Gasteiger partial charge >= 0.3 is 0 Å². The first-order chi connectivity index (χ1) is 7.24.